The minimum Gasteiger partial charge on any atom is -0.376 e. The van der Waals surface area contributed by atoms with E-state index in [-0.39, 0.29) is 36.3 Å². The molecule has 0 saturated carbocycles. The van der Waals surface area contributed by atoms with Crippen LogP contribution in [0.4, 0.5) is 0 Å². The number of carbonyl (C=O) groups is 2. The molecule has 0 bridgehead atoms. The molecule has 0 unspecified atom stereocenters. The molecule has 21 heavy (non-hydrogen) atoms. The number of nitrogens with zero attached hydrogens (tertiary/aromatic N) is 1. The van der Waals surface area contributed by atoms with Crippen LogP contribution in [0.5, 0.6) is 0 Å². The normalized spacial score (nSPS) is 29.1. The number of nitrogens with one attached hydrogen (secondary N) is 1. The Morgan fingerprint density at radius 3 is 3.10 bits per heavy atom. The number of hydrogen-bond donors (Lipinski definition) is 1. The van der Waals surface area contributed by atoms with Crippen molar-refractivity contribution in [2.75, 3.05) is 20.2 Å². The Morgan fingerprint density at radius 2 is 2.43 bits per heavy atom. The fourth-order valence-electron chi connectivity index (χ4n) is 3.10. The van der Waals surface area contributed by atoms with E-state index in [0.717, 1.165) is 24.3 Å². The molecule has 0 aliphatic carbocycles. The first-order valence-corrected chi connectivity index (χ1v) is 8.23. The van der Waals surface area contributed by atoms with Gasteiger partial charge in [0.15, 0.2) is 0 Å². The molecule has 6 heteroatoms. The van der Waals surface area contributed by atoms with E-state index in [4.69, 9.17) is 4.74 Å². The Kier molecular flexibility index (Phi) is 4.26. The third-order valence-corrected chi connectivity index (χ3v) is 5.23. The fraction of sp³-hybridized carbons (Fsp3) is 0.600. The van der Waals surface area contributed by atoms with Gasteiger partial charge in [-0.25, -0.2) is 0 Å². The summed E-state index contributed by atoms with van der Waals surface area (Å²) < 4.78 is 5.52. The maximum Gasteiger partial charge on any atom is 0.226 e. The monoisotopic (exact) mass is 308 g/mol. The van der Waals surface area contributed by atoms with E-state index < -0.39 is 0 Å². The molecule has 0 spiro atoms. The zero-order valence-corrected chi connectivity index (χ0v) is 12.9. The van der Waals surface area contributed by atoms with Crippen LogP contribution in [-0.4, -0.2) is 43.0 Å². The van der Waals surface area contributed by atoms with E-state index in [1.165, 1.54) is 0 Å². The lowest BCUT2D eigenvalue weighted by Gasteiger charge is -2.23. The zero-order valence-electron chi connectivity index (χ0n) is 12.1. The molecule has 5 nitrogen and oxygen atoms in total. The smallest absolute Gasteiger partial charge is 0.226 e. The van der Waals surface area contributed by atoms with Crippen LogP contribution in [0.3, 0.4) is 0 Å². The highest BCUT2D eigenvalue weighted by atomic mass is 32.1. The quantitative estimate of drug-likeness (QED) is 0.918. The van der Waals surface area contributed by atoms with Crippen LogP contribution in [0.1, 0.15) is 30.2 Å². The van der Waals surface area contributed by atoms with Crippen molar-refractivity contribution in [1.82, 2.24) is 10.2 Å². The number of hydrogen-bond acceptors (Lipinski definition) is 4. The van der Waals surface area contributed by atoms with Crippen molar-refractivity contribution in [2.24, 2.45) is 5.92 Å². The molecule has 2 saturated heterocycles. The Hall–Kier alpha value is -1.40. The lowest BCUT2D eigenvalue weighted by Crippen LogP contribution is -2.38. The lowest BCUT2D eigenvalue weighted by atomic mass is 9.98. The molecule has 3 rings (SSSR count). The number of carbonyl (C=O) groups excluding carboxylic acids is 2. The number of ether oxygens (including phenoxy) is 1. The van der Waals surface area contributed by atoms with E-state index in [1.54, 1.807) is 23.3 Å². The Morgan fingerprint density at radius 1 is 1.57 bits per heavy atom. The molecule has 1 aromatic rings. The van der Waals surface area contributed by atoms with Gasteiger partial charge in [-0.05, 0) is 24.3 Å². The van der Waals surface area contributed by atoms with E-state index in [9.17, 15) is 9.59 Å². The summed E-state index contributed by atoms with van der Waals surface area (Å²) in [7, 11) is 1.78. The van der Waals surface area contributed by atoms with Crippen LogP contribution in [-0.2, 0) is 14.3 Å². The van der Waals surface area contributed by atoms with Crippen molar-refractivity contribution in [1.29, 1.82) is 0 Å². The second-order valence-electron chi connectivity index (χ2n) is 5.66. The zero-order chi connectivity index (χ0) is 14.8. The largest absolute Gasteiger partial charge is 0.376 e. The predicted molar refractivity (Wildman–Crippen MR) is 79.9 cm³/mol. The van der Waals surface area contributed by atoms with Gasteiger partial charge in [-0.15, -0.1) is 11.3 Å². The van der Waals surface area contributed by atoms with Crippen LogP contribution >= 0.6 is 11.3 Å². The lowest BCUT2D eigenvalue weighted by molar-refractivity contribution is -0.128. The molecule has 0 aromatic carbocycles. The van der Waals surface area contributed by atoms with E-state index in [1.807, 2.05) is 17.5 Å². The molecule has 2 aliphatic rings. The van der Waals surface area contributed by atoms with Crippen LogP contribution in [0, 0.1) is 5.92 Å². The molecule has 114 valence electrons. The van der Waals surface area contributed by atoms with Crippen molar-refractivity contribution in [3.05, 3.63) is 22.4 Å². The molecule has 3 heterocycles. The SMILES string of the molecule is CN1C(=O)C[C@H](C(=O)NC[C@@H]2CCCO2)[C@@H]1c1cccs1. The van der Waals surface area contributed by atoms with E-state index in [2.05, 4.69) is 5.32 Å². The van der Waals surface area contributed by atoms with Crippen molar-refractivity contribution in [2.45, 2.75) is 31.4 Å². The summed E-state index contributed by atoms with van der Waals surface area (Å²) in [5.41, 5.74) is 0. The van der Waals surface area contributed by atoms with Crippen LogP contribution in [0.15, 0.2) is 17.5 Å². The van der Waals surface area contributed by atoms with Crippen molar-refractivity contribution < 1.29 is 14.3 Å². The highest BCUT2D eigenvalue weighted by Gasteiger charge is 2.43. The topological polar surface area (TPSA) is 58.6 Å². The molecule has 3 atom stereocenters. The summed E-state index contributed by atoms with van der Waals surface area (Å²) >= 11 is 1.59. The third-order valence-electron chi connectivity index (χ3n) is 4.29. The minimum absolute atomic E-state index is 0.0330. The van der Waals surface area contributed by atoms with Gasteiger partial charge < -0.3 is 15.0 Å². The second-order valence-corrected chi connectivity index (χ2v) is 6.63. The fourth-order valence-corrected chi connectivity index (χ4v) is 4.04. The second kappa shape index (κ2) is 6.15. The van der Waals surface area contributed by atoms with Gasteiger partial charge in [0.1, 0.15) is 0 Å². The number of likely N-dealkylation sites (tertiary alicyclic amines) is 1. The van der Waals surface area contributed by atoms with Crippen LogP contribution < -0.4 is 5.32 Å². The van der Waals surface area contributed by atoms with Gasteiger partial charge in [0, 0.05) is 31.5 Å². The first-order valence-electron chi connectivity index (χ1n) is 7.35. The molecule has 1 aromatic heterocycles. The molecule has 1 N–H and O–H groups in total. The van der Waals surface area contributed by atoms with Gasteiger partial charge in [0.2, 0.25) is 11.8 Å². The van der Waals surface area contributed by atoms with Crippen molar-refractivity contribution >= 4 is 23.2 Å². The maximum atomic E-state index is 12.5. The standard InChI is InChI=1S/C15H20N2O3S/c1-17-13(18)8-11(14(17)12-5-3-7-21-12)15(19)16-9-10-4-2-6-20-10/h3,5,7,10-11,14H,2,4,6,8-9H2,1H3,(H,16,19)/t10-,11-,14+/m0/s1. The van der Waals surface area contributed by atoms with Gasteiger partial charge in [-0.1, -0.05) is 6.07 Å². The van der Waals surface area contributed by atoms with Crippen molar-refractivity contribution in [3.63, 3.8) is 0 Å². The van der Waals surface area contributed by atoms with Crippen LogP contribution in [0.2, 0.25) is 0 Å². The molecule has 2 aliphatic heterocycles. The molecular weight excluding hydrogens is 288 g/mol. The van der Waals surface area contributed by atoms with Crippen LogP contribution in [0.25, 0.3) is 0 Å². The minimum atomic E-state index is -0.303. The van der Waals surface area contributed by atoms with Gasteiger partial charge in [-0.2, -0.15) is 0 Å². The van der Waals surface area contributed by atoms with E-state index in [0.29, 0.717) is 6.54 Å². The number of thiophene rings is 1. The summed E-state index contributed by atoms with van der Waals surface area (Å²) in [4.78, 5) is 27.2. The van der Waals surface area contributed by atoms with Crippen molar-refractivity contribution in [3.8, 4) is 0 Å². The number of rotatable bonds is 4. The Labute approximate surface area is 128 Å². The first kappa shape index (κ1) is 14.5. The summed E-state index contributed by atoms with van der Waals surface area (Å²) in [6.45, 7) is 1.33. The average Bonchev–Trinajstić information content (AvgIpc) is 3.19. The molecule has 2 amide bonds. The molecular formula is C15H20N2O3S. The third kappa shape index (κ3) is 2.96. The predicted octanol–water partition coefficient (Wildman–Crippen LogP) is 1.56. The van der Waals surface area contributed by atoms with Gasteiger partial charge >= 0.3 is 0 Å². The highest BCUT2D eigenvalue weighted by molar-refractivity contribution is 7.10. The van der Waals surface area contributed by atoms with Gasteiger partial charge in [-0.3, -0.25) is 9.59 Å². The van der Waals surface area contributed by atoms with Gasteiger partial charge in [0.25, 0.3) is 0 Å². The maximum absolute atomic E-state index is 12.5. The summed E-state index contributed by atoms with van der Waals surface area (Å²) in [6, 6.07) is 3.81. The molecule has 0 radical (unpaired) electrons. The highest BCUT2D eigenvalue weighted by Crippen LogP contribution is 2.39. The Bertz CT molecular complexity index is 511. The molecule has 2 fully saturated rings. The summed E-state index contributed by atoms with van der Waals surface area (Å²) in [5.74, 6) is -0.310. The van der Waals surface area contributed by atoms with Gasteiger partial charge in [0.05, 0.1) is 18.1 Å². The Balaban J connectivity index is 1.67. The first-order chi connectivity index (χ1) is 10.2. The summed E-state index contributed by atoms with van der Waals surface area (Å²) in [5, 5.41) is 4.94. The number of amides is 2. The summed E-state index contributed by atoms with van der Waals surface area (Å²) in [6.07, 6.45) is 2.47. The van der Waals surface area contributed by atoms with E-state index >= 15 is 0 Å². The average molecular weight is 308 g/mol.